The fraction of sp³-hybridized carbons (Fsp3) is 0.118. The third-order valence-corrected chi connectivity index (χ3v) is 3.46. The number of rotatable bonds is 3. The summed E-state index contributed by atoms with van der Waals surface area (Å²) in [6.07, 6.45) is 0. The number of para-hydroxylation sites is 2. The van der Waals surface area contributed by atoms with Crippen molar-refractivity contribution in [1.82, 2.24) is 4.57 Å². The summed E-state index contributed by atoms with van der Waals surface area (Å²) in [6, 6.07) is 16.0. The van der Waals surface area contributed by atoms with Gasteiger partial charge in [-0.2, -0.15) is 5.26 Å². The van der Waals surface area contributed by atoms with Crippen LogP contribution in [0.1, 0.15) is 0 Å². The number of pyridine rings is 1. The smallest absolute Gasteiger partial charge is 0.327 e. The monoisotopic (exact) mass is 292 g/mol. The molecule has 22 heavy (non-hydrogen) atoms. The standard InChI is InChI=1S/C17H12N2O3/c18-9-10-22-16(20)11-19-14-7-3-1-5-12(14)17(21)13-6-2-4-8-15(13)19/h1-8H,10-11H2. The molecule has 5 heteroatoms. The molecule has 0 aliphatic rings. The second-order valence-electron chi connectivity index (χ2n) is 4.77. The zero-order chi connectivity index (χ0) is 15.5. The van der Waals surface area contributed by atoms with Crippen molar-refractivity contribution < 1.29 is 9.53 Å². The molecule has 1 aromatic heterocycles. The molecule has 0 N–H and O–H groups in total. The Morgan fingerprint density at radius 1 is 1.05 bits per heavy atom. The van der Waals surface area contributed by atoms with E-state index in [-0.39, 0.29) is 18.6 Å². The topological polar surface area (TPSA) is 72.1 Å². The lowest BCUT2D eigenvalue weighted by Gasteiger charge is -2.14. The first kappa shape index (κ1) is 13.8. The van der Waals surface area contributed by atoms with Crippen molar-refractivity contribution in [2.24, 2.45) is 0 Å². The molecule has 5 nitrogen and oxygen atoms in total. The van der Waals surface area contributed by atoms with Crippen LogP contribution in [0.15, 0.2) is 53.3 Å². The van der Waals surface area contributed by atoms with E-state index in [2.05, 4.69) is 0 Å². The lowest BCUT2D eigenvalue weighted by Crippen LogP contribution is -2.18. The van der Waals surface area contributed by atoms with Gasteiger partial charge < -0.3 is 9.30 Å². The Morgan fingerprint density at radius 3 is 2.14 bits per heavy atom. The highest BCUT2D eigenvalue weighted by molar-refractivity contribution is 5.94. The molecule has 2 aromatic carbocycles. The van der Waals surface area contributed by atoms with Crippen LogP contribution in [0.25, 0.3) is 21.8 Å². The van der Waals surface area contributed by atoms with Gasteiger partial charge in [0.2, 0.25) is 0 Å². The number of hydrogen-bond acceptors (Lipinski definition) is 4. The maximum absolute atomic E-state index is 12.5. The fourth-order valence-corrected chi connectivity index (χ4v) is 2.53. The van der Waals surface area contributed by atoms with Gasteiger partial charge in [0.15, 0.2) is 12.0 Å². The molecule has 0 radical (unpaired) electrons. The summed E-state index contributed by atoms with van der Waals surface area (Å²) in [7, 11) is 0. The number of nitriles is 1. The van der Waals surface area contributed by atoms with Crippen LogP contribution in [0.5, 0.6) is 0 Å². The van der Waals surface area contributed by atoms with Gasteiger partial charge in [-0.25, -0.2) is 0 Å². The average Bonchev–Trinajstić information content (AvgIpc) is 2.57. The number of hydrogen-bond donors (Lipinski definition) is 0. The largest absolute Gasteiger partial charge is 0.449 e. The molecule has 0 aliphatic carbocycles. The molecule has 3 aromatic rings. The first-order valence-electron chi connectivity index (χ1n) is 6.75. The number of aromatic nitrogens is 1. The minimum Gasteiger partial charge on any atom is -0.449 e. The van der Waals surface area contributed by atoms with Crippen molar-refractivity contribution in [2.75, 3.05) is 6.61 Å². The predicted octanol–water partition coefficient (Wildman–Crippen LogP) is 2.22. The van der Waals surface area contributed by atoms with Crippen LogP contribution in [0, 0.1) is 11.3 Å². The summed E-state index contributed by atoms with van der Waals surface area (Å²) in [5, 5.41) is 9.59. The quantitative estimate of drug-likeness (QED) is 0.548. The van der Waals surface area contributed by atoms with Crippen LogP contribution in [-0.2, 0) is 16.1 Å². The van der Waals surface area contributed by atoms with E-state index in [4.69, 9.17) is 10.00 Å². The second kappa shape index (κ2) is 5.70. The molecule has 0 saturated carbocycles. The van der Waals surface area contributed by atoms with Crippen LogP contribution < -0.4 is 5.43 Å². The third-order valence-electron chi connectivity index (χ3n) is 3.46. The molecule has 3 rings (SSSR count). The Morgan fingerprint density at radius 2 is 1.59 bits per heavy atom. The summed E-state index contributed by atoms with van der Waals surface area (Å²) >= 11 is 0. The van der Waals surface area contributed by atoms with Gasteiger partial charge in [-0.15, -0.1) is 0 Å². The van der Waals surface area contributed by atoms with E-state index in [9.17, 15) is 9.59 Å². The normalized spacial score (nSPS) is 10.5. The maximum atomic E-state index is 12.5. The third kappa shape index (κ3) is 2.31. The van der Waals surface area contributed by atoms with E-state index >= 15 is 0 Å². The number of carbonyl (C=O) groups is 1. The molecule has 1 heterocycles. The zero-order valence-electron chi connectivity index (χ0n) is 11.7. The highest BCUT2D eigenvalue weighted by Gasteiger charge is 2.13. The lowest BCUT2D eigenvalue weighted by atomic mass is 10.1. The Kier molecular flexibility index (Phi) is 3.58. The number of ether oxygens (including phenoxy) is 1. The Balaban J connectivity index is 2.26. The Bertz CT molecular complexity index is 907. The van der Waals surface area contributed by atoms with Crippen LogP contribution in [0.3, 0.4) is 0 Å². The van der Waals surface area contributed by atoms with Gasteiger partial charge >= 0.3 is 5.97 Å². The van der Waals surface area contributed by atoms with Gasteiger partial charge in [-0.05, 0) is 24.3 Å². The van der Waals surface area contributed by atoms with Gasteiger partial charge in [0, 0.05) is 10.8 Å². The minimum absolute atomic E-state index is 0.0526. The van der Waals surface area contributed by atoms with Gasteiger partial charge in [0.25, 0.3) is 0 Å². The summed E-state index contributed by atoms with van der Waals surface area (Å²) in [5.41, 5.74) is 1.27. The molecule has 0 unspecified atom stereocenters. The second-order valence-corrected chi connectivity index (χ2v) is 4.77. The lowest BCUT2D eigenvalue weighted by molar-refractivity contribution is -0.142. The van der Waals surface area contributed by atoms with Crippen LogP contribution >= 0.6 is 0 Å². The van der Waals surface area contributed by atoms with Crippen molar-refractivity contribution >= 4 is 27.8 Å². The van der Waals surface area contributed by atoms with E-state index in [1.807, 2.05) is 12.1 Å². The van der Waals surface area contributed by atoms with E-state index < -0.39 is 5.97 Å². The summed E-state index contributed by atoms with van der Waals surface area (Å²) < 4.78 is 6.57. The number of esters is 1. The SMILES string of the molecule is N#CCOC(=O)Cn1c2ccccc2c(=O)c2ccccc21. The summed E-state index contributed by atoms with van der Waals surface area (Å²) in [5.74, 6) is -0.513. The van der Waals surface area contributed by atoms with E-state index in [1.54, 1.807) is 47.0 Å². The van der Waals surface area contributed by atoms with Gasteiger partial charge in [-0.1, -0.05) is 24.3 Å². The molecular weight excluding hydrogens is 280 g/mol. The molecule has 0 saturated heterocycles. The maximum Gasteiger partial charge on any atom is 0.327 e. The van der Waals surface area contributed by atoms with Crippen molar-refractivity contribution in [2.45, 2.75) is 6.54 Å². The molecule has 0 amide bonds. The van der Waals surface area contributed by atoms with Crippen LogP contribution in [0.4, 0.5) is 0 Å². The number of benzene rings is 2. The number of nitrogens with zero attached hydrogens (tertiary/aromatic N) is 2. The molecular formula is C17H12N2O3. The first-order valence-corrected chi connectivity index (χ1v) is 6.75. The van der Waals surface area contributed by atoms with Crippen LogP contribution in [0.2, 0.25) is 0 Å². The fourth-order valence-electron chi connectivity index (χ4n) is 2.53. The molecule has 0 spiro atoms. The van der Waals surface area contributed by atoms with Gasteiger partial charge in [0.05, 0.1) is 11.0 Å². The van der Waals surface area contributed by atoms with Crippen molar-refractivity contribution in [3.8, 4) is 6.07 Å². The Labute approximate surface area is 126 Å². The molecule has 0 aliphatic heterocycles. The Hall–Kier alpha value is -3.13. The van der Waals surface area contributed by atoms with Gasteiger partial charge in [-0.3, -0.25) is 9.59 Å². The number of carbonyl (C=O) groups excluding carboxylic acids is 1. The highest BCUT2D eigenvalue weighted by atomic mass is 16.5. The van der Waals surface area contributed by atoms with E-state index in [1.165, 1.54) is 0 Å². The molecule has 0 fully saturated rings. The van der Waals surface area contributed by atoms with Gasteiger partial charge in [0.1, 0.15) is 12.6 Å². The first-order chi connectivity index (χ1) is 10.7. The average molecular weight is 292 g/mol. The van der Waals surface area contributed by atoms with Crippen molar-refractivity contribution in [3.63, 3.8) is 0 Å². The van der Waals surface area contributed by atoms with E-state index in [0.717, 1.165) is 0 Å². The summed E-state index contributed by atoms with van der Waals surface area (Å²) in [4.78, 5) is 24.4. The molecule has 108 valence electrons. The van der Waals surface area contributed by atoms with Crippen LogP contribution in [-0.4, -0.2) is 17.1 Å². The zero-order valence-corrected chi connectivity index (χ0v) is 11.7. The van der Waals surface area contributed by atoms with Crippen molar-refractivity contribution in [3.05, 3.63) is 58.8 Å². The highest BCUT2D eigenvalue weighted by Crippen LogP contribution is 2.19. The number of fused-ring (bicyclic) bond motifs is 2. The van der Waals surface area contributed by atoms with Crippen molar-refractivity contribution in [1.29, 1.82) is 5.26 Å². The summed E-state index contributed by atoms with van der Waals surface area (Å²) in [6.45, 7) is -0.335. The molecule has 0 atom stereocenters. The predicted molar refractivity (Wildman–Crippen MR) is 82.3 cm³/mol. The minimum atomic E-state index is -0.513. The molecule has 0 bridgehead atoms. The van der Waals surface area contributed by atoms with E-state index in [0.29, 0.717) is 21.8 Å².